The Morgan fingerprint density at radius 1 is 1.26 bits per heavy atom. The van der Waals surface area contributed by atoms with Crippen molar-refractivity contribution in [1.82, 2.24) is 0 Å². The van der Waals surface area contributed by atoms with Gasteiger partial charge in [-0.05, 0) is 6.42 Å². The van der Waals surface area contributed by atoms with E-state index in [2.05, 4.69) is 6.58 Å². The molecule has 0 spiro atoms. The summed E-state index contributed by atoms with van der Waals surface area (Å²) in [6, 6.07) is 0. The van der Waals surface area contributed by atoms with Gasteiger partial charge in [0, 0.05) is 25.3 Å². The first-order valence-electron chi connectivity index (χ1n) is 6.28. The van der Waals surface area contributed by atoms with Crippen LogP contribution in [0.1, 0.15) is 25.7 Å². The molecule has 6 heteroatoms. The topological polar surface area (TPSA) is 78.9 Å². The van der Waals surface area contributed by atoms with Crippen molar-refractivity contribution < 1.29 is 28.6 Å². The molecule has 0 radical (unpaired) electrons. The predicted octanol–water partition coefficient (Wildman–Crippen LogP) is 0.495. The van der Waals surface area contributed by atoms with Crippen molar-refractivity contribution in [2.75, 3.05) is 0 Å². The third kappa shape index (κ3) is 2.01. The van der Waals surface area contributed by atoms with Crippen LogP contribution in [0.15, 0.2) is 12.7 Å². The van der Waals surface area contributed by atoms with Crippen LogP contribution in [0.3, 0.4) is 0 Å². The number of ether oxygens (including phenoxy) is 3. The predicted molar refractivity (Wildman–Crippen MR) is 60.7 cm³/mol. The minimum absolute atomic E-state index is 0.171. The Kier molecular flexibility index (Phi) is 2.62. The average molecular weight is 266 g/mol. The first-order valence-corrected chi connectivity index (χ1v) is 6.28. The molecule has 3 aliphatic rings. The molecule has 1 aliphatic carbocycles. The van der Waals surface area contributed by atoms with Gasteiger partial charge in [0.25, 0.3) is 0 Å². The first kappa shape index (κ1) is 12.2. The Bertz CT molecular complexity index is 468. The van der Waals surface area contributed by atoms with Crippen molar-refractivity contribution in [1.29, 1.82) is 0 Å². The lowest BCUT2D eigenvalue weighted by molar-refractivity contribution is -0.180. The van der Waals surface area contributed by atoms with Crippen molar-refractivity contribution in [2.45, 2.75) is 43.5 Å². The molecule has 1 saturated carbocycles. The second-order valence-corrected chi connectivity index (χ2v) is 5.34. The minimum Gasteiger partial charge on any atom is -0.459 e. The molecule has 2 saturated heterocycles. The van der Waals surface area contributed by atoms with E-state index in [1.165, 1.54) is 0 Å². The quantitative estimate of drug-likeness (QED) is 0.411. The summed E-state index contributed by atoms with van der Waals surface area (Å²) in [5.41, 5.74) is -0.859. The number of hydrogen-bond acceptors (Lipinski definition) is 6. The van der Waals surface area contributed by atoms with E-state index < -0.39 is 29.6 Å². The number of carbonyl (C=O) groups is 3. The molecule has 102 valence electrons. The van der Waals surface area contributed by atoms with E-state index in [-0.39, 0.29) is 18.4 Å². The van der Waals surface area contributed by atoms with Crippen molar-refractivity contribution in [3.63, 3.8) is 0 Å². The van der Waals surface area contributed by atoms with Crippen molar-refractivity contribution in [2.24, 2.45) is 5.92 Å². The largest absolute Gasteiger partial charge is 0.459 e. The van der Waals surface area contributed by atoms with Crippen LogP contribution in [0.25, 0.3) is 0 Å². The van der Waals surface area contributed by atoms with Gasteiger partial charge in [-0.1, -0.05) is 6.58 Å². The summed E-state index contributed by atoms with van der Waals surface area (Å²) in [6.07, 6.45) is 1.13. The normalized spacial score (nSPS) is 39.9. The fourth-order valence-electron chi connectivity index (χ4n) is 3.23. The minimum atomic E-state index is -0.972. The fourth-order valence-corrected chi connectivity index (χ4v) is 3.23. The van der Waals surface area contributed by atoms with Crippen LogP contribution in [0.5, 0.6) is 0 Å². The monoisotopic (exact) mass is 266 g/mol. The zero-order chi connectivity index (χ0) is 13.6. The summed E-state index contributed by atoms with van der Waals surface area (Å²) in [6.45, 7) is 3.36. The molecule has 2 heterocycles. The summed E-state index contributed by atoms with van der Waals surface area (Å²) < 4.78 is 15.8. The van der Waals surface area contributed by atoms with Crippen LogP contribution in [0, 0.1) is 5.92 Å². The lowest BCUT2D eigenvalue weighted by atomic mass is 9.75. The van der Waals surface area contributed by atoms with E-state index in [1.54, 1.807) is 0 Å². The molecule has 4 bridgehead atoms. The zero-order valence-electron chi connectivity index (χ0n) is 10.3. The molecule has 3 rings (SSSR count). The van der Waals surface area contributed by atoms with Gasteiger partial charge in [-0.25, -0.2) is 9.59 Å². The molecular formula is C13H14O6. The van der Waals surface area contributed by atoms with E-state index in [0.717, 1.165) is 6.08 Å². The van der Waals surface area contributed by atoms with Gasteiger partial charge in [0.15, 0.2) is 0 Å². The number of hydrogen-bond donors (Lipinski definition) is 0. The molecule has 0 amide bonds. The van der Waals surface area contributed by atoms with E-state index in [4.69, 9.17) is 14.2 Å². The molecule has 0 aromatic carbocycles. The van der Waals surface area contributed by atoms with Crippen molar-refractivity contribution >= 4 is 17.9 Å². The Balaban J connectivity index is 1.97. The molecule has 6 nitrogen and oxygen atoms in total. The molecule has 4 atom stereocenters. The highest BCUT2D eigenvalue weighted by Gasteiger charge is 2.55. The van der Waals surface area contributed by atoms with Gasteiger partial charge >= 0.3 is 17.9 Å². The maximum Gasteiger partial charge on any atom is 0.347 e. The highest BCUT2D eigenvalue weighted by atomic mass is 16.6. The summed E-state index contributed by atoms with van der Waals surface area (Å²) >= 11 is 0. The summed E-state index contributed by atoms with van der Waals surface area (Å²) in [5, 5.41) is 0. The van der Waals surface area contributed by atoms with Crippen LogP contribution < -0.4 is 0 Å². The molecule has 19 heavy (non-hydrogen) atoms. The van der Waals surface area contributed by atoms with Crippen molar-refractivity contribution in [3.05, 3.63) is 12.7 Å². The van der Waals surface area contributed by atoms with Crippen LogP contribution in [-0.2, 0) is 28.6 Å². The van der Waals surface area contributed by atoms with Gasteiger partial charge in [-0.3, -0.25) is 4.79 Å². The molecule has 2 aliphatic heterocycles. The van der Waals surface area contributed by atoms with E-state index in [1.807, 2.05) is 0 Å². The second kappa shape index (κ2) is 4.08. The maximum atomic E-state index is 11.9. The molecule has 0 aromatic rings. The highest BCUT2D eigenvalue weighted by Crippen LogP contribution is 2.45. The standard InChI is InChI=1S/C13H14O6/c1-2-10(14)19-13-4-7-3-8(5-13)17-12(16)9(6-13)18-11(7)15/h2,7-9H,1,3-6H2. The van der Waals surface area contributed by atoms with E-state index >= 15 is 0 Å². The summed E-state index contributed by atoms with van der Waals surface area (Å²) in [5.74, 6) is -1.88. The third-order valence-corrected chi connectivity index (χ3v) is 3.94. The number of carbonyl (C=O) groups excluding carboxylic acids is 3. The smallest absolute Gasteiger partial charge is 0.347 e. The summed E-state index contributed by atoms with van der Waals surface area (Å²) in [4.78, 5) is 35.2. The number of fused-ring (bicyclic) bond motifs is 3. The Hall–Kier alpha value is -1.85. The van der Waals surface area contributed by atoms with Crippen LogP contribution >= 0.6 is 0 Å². The van der Waals surface area contributed by atoms with Gasteiger partial charge in [0.1, 0.15) is 11.7 Å². The molecule has 3 fully saturated rings. The van der Waals surface area contributed by atoms with Gasteiger partial charge < -0.3 is 14.2 Å². The molecule has 0 N–H and O–H groups in total. The van der Waals surface area contributed by atoms with Crippen LogP contribution in [-0.4, -0.2) is 35.7 Å². The van der Waals surface area contributed by atoms with Crippen LogP contribution in [0.4, 0.5) is 0 Å². The van der Waals surface area contributed by atoms with E-state index in [0.29, 0.717) is 19.3 Å². The third-order valence-electron chi connectivity index (χ3n) is 3.94. The lowest BCUT2D eigenvalue weighted by Crippen LogP contribution is -2.45. The maximum absolute atomic E-state index is 11.9. The highest BCUT2D eigenvalue weighted by molar-refractivity contribution is 5.84. The SMILES string of the molecule is C=CC(=O)OC12CC3CC(C1)C(=O)OC(C2)C(=O)O3. The van der Waals surface area contributed by atoms with Crippen LogP contribution in [0.2, 0.25) is 0 Å². The fraction of sp³-hybridized carbons (Fsp3) is 0.615. The Labute approximate surface area is 109 Å². The number of rotatable bonds is 2. The molecule has 4 unspecified atom stereocenters. The summed E-state index contributed by atoms with van der Waals surface area (Å²) in [7, 11) is 0. The molecular weight excluding hydrogens is 252 g/mol. The number of esters is 3. The zero-order valence-corrected chi connectivity index (χ0v) is 10.3. The average Bonchev–Trinajstić information content (AvgIpc) is 2.50. The van der Waals surface area contributed by atoms with Gasteiger partial charge in [0.05, 0.1) is 5.92 Å². The van der Waals surface area contributed by atoms with Gasteiger partial charge in [-0.15, -0.1) is 0 Å². The van der Waals surface area contributed by atoms with Gasteiger partial charge in [-0.2, -0.15) is 0 Å². The van der Waals surface area contributed by atoms with Crippen molar-refractivity contribution in [3.8, 4) is 0 Å². The van der Waals surface area contributed by atoms with Gasteiger partial charge in [0.2, 0.25) is 6.10 Å². The first-order chi connectivity index (χ1) is 9.01. The molecule has 0 aromatic heterocycles. The Morgan fingerprint density at radius 3 is 2.79 bits per heavy atom. The van der Waals surface area contributed by atoms with E-state index in [9.17, 15) is 14.4 Å². The lowest BCUT2D eigenvalue weighted by Gasteiger charge is -2.38. The Morgan fingerprint density at radius 2 is 2.05 bits per heavy atom. The second-order valence-electron chi connectivity index (χ2n) is 5.34.